The van der Waals surface area contributed by atoms with Crippen LogP contribution < -0.4 is 5.73 Å². The second kappa shape index (κ2) is 4.79. The second-order valence-electron chi connectivity index (χ2n) is 3.13. The van der Waals surface area contributed by atoms with Crippen LogP contribution in [0.3, 0.4) is 0 Å². The van der Waals surface area contributed by atoms with Crippen molar-refractivity contribution in [3.8, 4) is 5.75 Å². The van der Waals surface area contributed by atoms with Crippen LogP contribution in [0.15, 0.2) is 30.9 Å². The summed E-state index contributed by atoms with van der Waals surface area (Å²) >= 11 is 0. The van der Waals surface area contributed by atoms with Crippen LogP contribution in [0.2, 0.25) is 0 Å². The Balaban J connectivity index is 3.01. The molecule has 0 fully saturated rings. The fourth-order valence-corrected chi connectivity index (χ4v) is 1.28. The SMILES string of the molecule is C=C[C@@H](N)c1cc(CCO)ccc1O. The highest BCUT2D eigenvalue weighted by Crippen LogP contribution is 2.24. The fraction of sp³-hybridized carbons (Fsp3) is 0.273. The number of hydrogen-bond acceptors (Lipinski definition) is 3. The Labute approximate surface area is 83.5 Å². The number of aromatic hydroxyl groups is 1. The maximum absolute atomic E-state index is 9.51. The van der Waals surface area contributed by atoms with Crippen molar-refractivity contribution in [2.75, 3.05) is 6.61 Å². The van der Waals surface area contributed by atoms with E-state index < -0.39 is 0 Å². The Morgan fingerprint density at radius 3 is 2.79 bits per heavy atom. The van der Waals surface area contributed by atoms with Crippen molar-refractivity contribution in [3.63, 3.8) is 0 Å². The van der Waals surface area contributed by atoms with Crippen molar-refractivity contribution in [2.24, 2.45) is 5.73 Å². The molecule has 0 amide bonds. The third-order valence-corrected chi connectivity index (χ3v) is 2.11. The van der Waals surface area contributed by atoms with Gasteiger partial charge in [0, 0.05) is 12.2 Å². The van der Waals surface area contributed by atoms with Crippen LogP contribution >= 0.6 is 0 Å². The van der Waals surface area contributed by atoms with Gasteiger partial charge in [0.15, 0.2) is 0 Å². The average molecular weight is 193 g/mol. The Kier molecular flexibility index (Phi) is 3.68. The van der Waals surface area contributed by atoms with E-state index in [-0.39, 0.29) is 18.4 Å². The summed E-state index contributed by atoms with van der Waals surface area (Å²) in [6.07, 6.45) is 2.13. The lowest BCUT2D eigenvalue weighted by atomic mass is 10.0. The number of rotatable bonds is 4. The molecule has 0 saturated heterocycles. The summed E-state index contributed by atoms with van der Waals surface area (Å²) in [7, 11) is 0. The molecule has 0 aliphatic carbocycles. The molecule has 0 unspecified atom stereocenters. The molecule has 3 nitrogen and oxygen atoms in total. The molecule has 1 aromatic carbocycles. The molecule has 1 rings (SSSR count). The molecule has 76 valence electrons. The summed E-state index contributed by atoms with van der Waals surface area (Å²) in [4.78, 5) is 0. The zero-order chi connectivity index (χ0) is 10.6. The highest BCUT2D eigenvalue weighted by Gasteiger charge is 2.07. The van der Waals surface area contributed by atoms with Crippen LogP contribution in [0.25, 0.3) is 0 Å². The van der Waals surface area contributed by atoms with Gasteiger partial charge in [-0.1, -0.05) is 18.2 Å². The number of benzene rings is 1. The van der Waals surface area contributed by atoms with Gasteiger partial charge < -0.3 is 15.9 Å². The predicted octanol–water partition coefficient (Wildman–Crippen LogP) is 1.11. The molecule has 0 radical (unpaired) electrons. The summed E-state index contributed by atoms with van der Waals surface area (Å²) in [5, 5.41) is 18.3. The predicted molar refractivity (Wildman–Crippen MR) is 56.0 cm³/mol. The highest BCUT2D eigenvalue weighted by atomic mass is 16.3. The maximum atomic E-state index is 9.51. The maximum Gasteiger partial charge on any atom is 0.120 e. The minimum atomic E-state index is -0.367. The molecule has 14 heavy (non-hydrogen) atoms. The van der Waals surface area contributed by atoms with Crippen molar-refractivity contribution in [1.29, 1.82) is 0 Å². The number of aliphatic hydroxyl groups excluding tert-OH is 1. The first-order valence-corrected chi connectivity index (χ1v) is 4.50. The van der Waals surface area contributed by atoms with Gasteiger partial charge in [-0.3, -0.25) is 0 Å². The first-order valence-electron chi connectivity index (χ1n) is 4.50. The second-order valence-corrected chi connectivity index (χ2v) is 3.13. The molecule has 1 atom stereocenters. The van der Waals surface area contributed by atoms with Crippen LogP contribution in [0.1, 0.15) is 17.2 Å². The van der Waals surface area contributed by atoms with E-state index in [4.69, 9.17) is 10.8 Å². The van der Waals surface area contributed by atoms with E-state index in [0.717, 1.165) is 5.56 Å². The quantitative estimate of drug-likeness (QED) is 0.627. The number of aliphatic hydroxyl groups is 1. The Bertz CT molecular complexity index is 323. The van der Waals surface area contributed by atoms with E-state index in [1.165, 1.54) is 0 Å². The Morgan fingerprint density at radius 2 is 2.21 bits per heavy atom. The minimum Gasteiger partial charge on any atom is -0.508 e. The van der Waals surface area contributed by atoms with E-state index in [1.807, 2.05) is 0 Å². The molecular weight excluding hydrogens is 178 g/mol. The molecule has 0 spiro atoms. The van der Waals surface area contributed by atoms with Crippen molar-refractivity contribution >= 4 is 0 Å². The standard InChI is InChI=1S/C11H15NO2/c1-2-10(12)9-7-8(5-6-13)3-4-11(9)14/h2-4,7,10,13-14H,1,5-6,12H2/t10-/m1/s1. The lowest BCUT2D eigenvalue weighted by molar-refractivity contribution is 0.299. The summed E-state index contributed by atoms with van der Waals surface area (Å²) in [6, 6.07) is 4.78. The van der Waals surface area contributed by atoms with Crippen LogP contribution in [-0.2, 0) is 6.42 Å². The zero-order valence-electron chi connectivity index (χ0n) is 7.98. The van der Waals surface area contributed by atoms with E-state index in [9.17, 15) is 5.11 Å². The first kappa shape index (κ1) is 10.8. The summed E-state index contributed by atoms with van der Waals surface area (Å²) < 4.78 is 0. The molecular formula is C11H15NO2. The van der Waals surface area contributed by atoms with Crippen LogP contribution in [-0.4, -0.2) is 16.8 Å². The highest BCUT2D eigenvalue weighted by molar-refractivity contribution is 5.39. The topological polar surface area (TPSA) is 66.5 Å². The molecule has 0 aliphatic heterocycles. The molecule has 0 heterocycles. The van der Waals surface area contributed by atoms with Crippen LogP contribution in [0.4, 0.5) is 0 Å². The van der Waals surface area contributed by atoms with Gasteiger partial charge in [-0.05, 0) is 18.1 Å². The molecule has 0 saturated carbocycles. The summed E-state index contributed by atoms with van der Waals surface area (Å²) in [5.74, 6) is 0.166. The summed E-state index contributed by atoms with van der Waals surface area (Å²) in [6.45, 7) is 3.66. The molecule has 0 aromatic heterocycles. The van der Waals surface area contributed by atoms with Crippen molar-refractivity contribution in [3.05, 3.63) is 42.0 Å². The van der Waals surface area contributed by atoms with Gasteiger partial charge in [0.1, 0.15) is 5.75 Å². The van der Waals surface area contributed by atoms with Gasteiger partial charge in [-0.2, -0.15) is 0 Å². The van der Waals surface area contributed by atoms with Gasteiger partial charge >= 0.3 is 0 Å². The van der Waals surface area contributed by atoms with E-state index in [2.05, 4.69) is 6.58 Å². The number of phenolic OH excluding ortho intramolecular Hbond substituents is 1. The van der Waals surface area contributed by atoms with Crippen molar-refractivity contribution < 1.29 is 10.2 Å². The zero-order valence-corrected chi connectivity index (χ0v) is 7.98. The van der Waals surface area contributed by atoms with Gasteiger partial charge in [-0.15, -0.1) is 6.58 Å². The lowest BCUT2D eigenvalue weighted by Crippen LogP contribution is -2.07. The van der Waals surface area contributed by atoms with Gasteiger partial charge in [0.05, 0.1) is 6.04 Å². The normalized spacial score (nSPS) is 12.4. The molecule has 4 N–H and O–H groups in total. The van der Waals surface area contributed by atoms with Crippen molar-refractivity contribution in [1.82, 2.24) is 0 Å². The third kappa shape index (κ3) is 2.34. The van der Waals surface area contributed by atoms with Crippen LogP contribution in [0, 0.1) is 0 Å². The van der Waals surface area contributed by atoms with Gasteiger partial charge in [-0.25, -0.2) is 0 Å². The molecule has 3 heteroatoms. The smallest absolute Gasteiger partial charge is 0.120 e. The fourth-order valence-electron chi connectivity index (χ4n) is 1.28. The number of phenols is 1. The third-order valence-electron chi connectivity index (χ3n) is 2.11. The molecule has 0 bridgehead atoms. The average Bonchev–Trinajstić information content (AvgIpc) is 2.20. The Hall–Kier alpha value is -1.32. The van der Waals surface area contributed by atoms with E-state index in [1.54, 1.807) is 24.3 Å². The number of nitrogens with two attached hydrogens (primary N) is 1. The Morgan fingerprint density at radius 1 is 1.50 bits per heavy atom. The first-order chi connectivity index (χ1) is 6.69. The van der Waals surface area contributed by atoms with E-state index in [0.29, 0.717) is 12.0 Å². The van der Waals surface area contributed by atoms with Crippen LogP contribution in [0.5, 0.6) is 5.75 Å². The largest absolute Gasteiger partial charge is 0.508 e. The number of hydrogen-bond donors (Lipinski definition) is 3. The summed E-state index contributed by atoms with van der Waals surface area (Å²) in [5.41, 5.74) is 7.32. The van der Waals surface area contributed by atoms with E-state index >= 15 is 0 Å². The van der Waals surface area contributed by atoms with Crippen molar-refractivity contribution in [2.45, 2.75) is 12.5 Å². The monoisotopic (exact) mass is 193 g/mol. The molecule has 1 aromatic rings. The van der Waals surface area contributed by atoms with Gasteiger partial charge in [0.25, 0.3) is 0 Å². The van der Waals surface area contributed by atoms with Gasteiger partial charge in [0.2, 0.25) is 0 Å². The molecule has 0 aliphatic rings. The lowest BCUT2D eigenvalue weighted by Gasteiger charge is -2.10. The minimum absolute atomic E-state index is 0.0908.